The summed E-state index contributed by atoms with van der Waals surface area (Å²) in [5.41, 5.74) is -2.73. The summed E-state index contributed by atoms with van der Waals surface area (Å²) >= 11 is 0. The van der Waals surface area contributed by atoms with Crippen LogP contribution in [0.2, 0.25) is 0 Å². The van der Waals surface area contributed by atoms with Crippen LogP contribution < -0.4 is 0 Å². The average molecular weight is 718 g/mol. The second-order valence-corrected chi connectivity index (χ2v) is 16.2. The minimum Gasteiger partial charge on any atom is -0.462 e. The zero-order chi connectivity index (χ0) is 38.0. The molecule has 13 heteroatoms. The Labute approximate surface area is 299 Å². The number of likely N-dealkylation sites (N-methyl/N-ethyl adjacent to an activating group) is 1. The Kier molecular flexibility index (Phi) is 14.9. The van der Waals surface area contributed by atoms with Crippen molar-refractivity contribution >= 4 is 11.8 Å². The van der Waals surface area contributed by atoms with Gasteiger partial charge in [-0.05, 0) is 68.0 Å². The number of ether oxygens (including phenoxy) is 6. The van der Waals surface area contributed by atoms with Crippen molar-refractivity contribution in [1.29, 1.82) is 0 Å². The van der Waals surface area contributed by atoms with Crippen molar-refractivity contribution in [3.05, 3.63) is 0 Å². The molecule has 13 nitrogen and oxygen atoms in total. The smallest absolute Gasteiger partial charge is 0.311 e. The lowest BCUT2D eigenvalue weighted by atomic mass is 9.74. The quantitative estimate of drug-likeness (QED) is 0.284. The predicted molar refractivity (Wildman–Crippen MR) is 185 cm³/mol. The molecule has 50 heavy (non-hydrogen) atoms. The molecule has 292 valence electrons. The van der Waals surface area contributed by atoms with Crippen LogP contribution in [-0.4, -0.2) is 137 Å². The van der Waals surface area contributed by atoms with Crippen molar-refractivity contribution in [2.45, 2.75) is 174 Å². The third-order valence-electron chi connectivity index (χ3n) is 11.8. The fourth-order valence-corrected chi connectivity index (χ4v) is 8.36. The number of hydrogen-bond acceptors (Lipinski definition) is 13. The number of aliphatic hydroxyl groups is 4. The van der Waals surface area contributed by atoms with Crippen molar-refractivity contribution in [3.8, 4) is 0 Å². The summed E-state index contributed by atoms with van der Waals surface area (Å²) in [6, 6.07) is -0.297. The van der Waals surface area contributed by atoms with E-state index in [0.717, 1.165) is 0 Å². The second kappa shape index (κ2) is 17.3. The predicted octanol–water partition coefficient (Wildman–Crippen LogP) is 2.67. The van der Waals surface area contributed by atoms with E-state index in [2.05, 4.69) is 0 Å². The van der Waals surface area contributed by atoms with Gasteiger partial charge in [-0.25, -0.2) is 0 Å². The average Bonchev–Trinajstić information content (AvgIpc) is 3.05. The van der Waals surface area contributed by atoms with Crippen LogP contribution in [0.15, 0.2) is 0 Å². The van der Waals surface area contributed by atoms with Gasteiger partial charge >= 0.3 is 5.97 Å². The van der Waals surface area contributed by atoms with Crippen LogP contribution in [0.4, 0.5) is 0 Å². The van der Waals surface area contributed by atoms with Crippen molar-refractivity contribution < 1.29 is 58.4 Å². The number of hydrogen-bond donors (Lipinski definition) is 4. The van der Waals surface area contributed by atoms with Crippen LogP contribution in [-0.2, 0) is 38.0 Å². The molecule has 0 aromatic carbocycles. The standard InChI is InChI=1S/C37H67NO12/c1-14-26-20(4)29(40)21(5)28(39)18(2)16-36(9,44)33(50-35-30(41)25(38(11)12)15-19(3)46-35)22(6)31(23(7)34(43)48-26)49-27-17-37(10,45-13)32(42)24(8)47-27/h18-27,29-33,35,40-42,44H,14-17H2,1-13H3/t18-,19-,20+,21+,22+,23-,24-,25?,26-,27?,29+,30?,31+,32?,33-,35+,36-,37-/m1/s1. The van der Waals surface area contributed by atoms with Crippen LogP contribution in [0.25, 0.3) is 0 Å². The van der Waals surface area contributed by atoms with Crippen molar-refractivity contribution in [1.82, 2.24) is 4.90 Å². The molecule has 0 saturated carbocycles. The molecule has 18 atom stereocenters. The second-order valence-electron chi connectivity index (χ2n) is 16.2. The molecule has 0 radical (unpaired) electrons. The Hall–Kier alpha value is -1.26. The molecule has 3 rings (SSSR count). The van der Waals surface area contributed by atoms with Gasteiger partial charge in [-0.1, -0.05) is 34.6 Å². The number of methoxy groups -OCH3 is 1. The number of aliphatic hydroxyl groups excluding tert-OH is 3. The van der Waals surface area contributed by atoms with E-state index in [1.165, 1.54) is 7.11 Å². The summed E-state index contributed by atoms with van der Waals surface area (Å²) in [7, 11) is 5.23. The molecule has 3 fully saturated rings. The third kappa shape index (κ3) is 9.45. The first kappa shape index (κ1) is 43.1. The van der Waals surface area contributed by atoms with E-state index in [4.69, 9.17) is 28.4 Å². The van der Waals surface area contributed by atoms with Crippen molar-refractivity contribution in [2.24, 2.45) is 29.6 Å². The first-order chi connectivity index (χ1) is 23.1. The topological polar surface area (TPSA) is 174 Å². The van der Waals surface area contributed by atoms with Gasteiger partial charge < -0.3 is 53.7 Å². The molecule has 0 aromatic rings. The number of ketones is 1. The zero-order valence-electron chi connectivity index (χ0n) is 32.6. The molecule has 4 unspecified atom stereocenters. The third-order valence-corrected chi connectivity index (χ3v) is 11.8. The van der Waals surface area contributed by atoms with E-state index in [1.54, 1.807) is 55.4 Å². The zero-order valence-corrected chi connectivity index (χ0v) is 32.6. The lowest BCUT2D eigenvalue weighted by molar-refractivity contribution is -0.317. The molecule has 4 N–H and O–H groups in total. The first-order valence-corrected chi connectivity index (χ1v) is 18.4. The van der Waals surface area contributed by atoms with Gasteiger partial charge in [-0.2, -0.15) is 0 Å². The maximum atomic E-state index is 14.0. The number of carbonyl (C=O) groups is 2. The van der Waals surface area contributed by atoms with Gasteiger partial charge in [0, 0.05) is 43.2 Å². The minimum absolute atomic E-state index is 0.0462. The van der Waals surface area contributed by atoms with Gasteiger partial charge in [0.2, 0.25) is 0 Å². The summed E-state index contributed by atoms with van der Waals surface area (Å²) in [5, 5.41) is 46.0. The van der Waals surface area contributed by atoms with Crippen LogP contribution in [0.3, 0.4) is 0 Å². The monoisotopic (exact) mass is 717 g/mol. The largest absolute Gasteiger partial charge is 0.462 e. The molecular weight excluding hydrogens is 650 g/mol. The van der Waals surface area contributed by atoms with E-state index >= 15 is 0 Å². The van der Waals surface area contributed by atoms with Crippen molar-refractivity contribution in [2.75, 3.05) is 21.2 Å². The van der Waals surface area contributed by atoms with Gasteiger partial charge in [-0.3, -0.25) is 9.59 Å². The molecule has 0 spiro atoms. The lowest BCUT2D eigenvalue weighted by Gasteiger charge is -2.49. The SMILES string of the molecule is CC[C@H]1OC(=O)[C@H](C)[C@@H](OC2C[C@@](C)(OC)C(O)[C@@H](C)O2)[C@H](C)[C@@H](O[C@@H]2O[C@H](C)CC(N(C)C)C2O)[C@](C)(O)C[C@@H](C)C(=O)[C@H](C)[C@@H](O)[C@H]1C. The number of carbonyl (C=O) groups excluding carboxylic acids is 2. The van der Waals surface area contributed by atoms with E-state index in [1.807, 2.05) is 32.8 Å². The molecule has 0 amide bonds. The van der Waals surface area contributed by atoms with E-state index in [9.17, 15) is 30.0 Å². The fourth-order valence-electron chi connectivity index (χ4n) is 8.36. The fraction of sp³-hybridized carbons (Fsp3) is 0.946. The molecule has 3 aliphatic rings. The van der Waals surface area contributed by atoms with E-state index < -0.39 is 102 Å². The first-order valence-electron chi connectivity index (χ1n) is 18.4. The number of Topliss-reactive ketones (excluding diaryl/α,β-unsaturated/α-hetero) is 1. The maximum absolute atomic E-state index is 14.0. The normalized spacial score (nSPS) is 49.0. The molecule has 0 bridgehead atoms. The molecule has 0 aliphatic carbocycles. The number of rotatable bonds is 7. The van der Waals surface area contributed by atoms with E-state index in [0.29, 0.717) is 12.8 Å². The Bertz CT molecular complexity index is 1120. The Morgan fingerprint density at radius 3 is 2.06 bits per heavy atom. The highest BCUT2D eigenvalue weighted by atomic mass is 16.7. The molecule has 3 saturated heterocycles. The highest BCUT2D eigenvalue weighted by Gasteiger charge is 2.52. The maximum Gasteiger partial charge on any atom is 0.311 e. The van der Waals surface area contributed by atoms with E-state index in [-0.39, 0.29) is 30.8 Å². The number of nitrogens with zero attached hydrogens (tertiary/aromatic N) is 1. The number of cyclic esters (lactones) is 1. The summed E-state index contributed by atoms with van der Waals surface area (Å²) in [4.78, 5) is 29.7. The van der Waals surface area contributed by atoms with Gasteiger partial charge in [-0.15, -0.1) is 0 Å². The van der Waals surface area contributed by atoms with Crippen LogP contribution in [0.1, 0.15) is 94.9 Å². The van der Waals surface area contributed by atoms with Gasteiger partial charge in [0.25, 0.3) is 0 Å². The van der Waals surface area contributed by atoms with Gasteiger partial charge in [0.1, 0.15) is 24.1 Å². The van der Waals surface area contributed by atoms with Crippen LogP contribution in [0.5, 0.6) is 0 Å². The Morgan fingerprint density at radius 2 is 1.50 bits per heavy atom. The van der Waals surface area contributed by atoms with Crippen LogP contribution >= 0.6 is 0 Å². The summed E-state index contributed by atoms with van der Waals surface area (Å²) in [6.45, 7) is 17.4. The highest BCUT2D eigenvalue weighted by Crippen LogP contribution is 2.40. The Morgan fingerprint density at radius 1 is 0.880 bits per heavy atom. The Balaban J connectivity index is 2.16. The highest BCUT2D eigenvalue weighted by molar-refractivity contribution is 5.83. The molecular formula is C37H67NO12. The molecule has 3 aliphatic heterocycles. The number of esters is 1. The van der Waals surface area contributed by atoms with Gasteiger partial charge in [0.15, 0.2) is 12.6 Å². The minimum atomic E-state index is -1.72. The summed E-state index contributed by atoms with van der Waals surface area (Å²) < 4.78 is 37.3. The molecule has 3 heterocycles. The summed E-state index contributed by atoms with van der Waals surface area (Å²) in [5.74, 6) is -4.59. The molecule has 0 aromatic heterocycles. The van der Waals surface area contributed by atoms with Gasteiger partial charge in [0.05, 0.1) is 47.6 Å². The van der Waals surface area contributed by atoms with Crippen molar-refractivity contribution in [3.63, 3.8) is 0 Å². The van der Waals surface area contributed by atoms with Crippen LogP contribution in [0, 0.1) is 29.6 Å². The summed E-state index contributed by atoms with van der Waals surface area (Å²) in [6.07, 6.45) is -7.91. The lowest BCUT2D eigenvalue weighted by Crippen LogP contribution is -2.60.